The molecule has 12 heteroatoms. The van der Waals surface area contributed by atoms with E-state index in [-0.39, 0.29) is 24.1 Å². The van der Waals surface area contributed by atoms with E-state index in [9.17, 15) is 27.6 Å². The number of hydrogen-bond donors (Lipinski definition) is 1. The molecule has 0 spiro atoms. The van der Waals surface area contributed by atoms with Gasteiger partial charge in [0.15, 0.2) is 0 Å². The van der Waals surface area contributed by atoms with Gasteiger partial charge in [-0.2, -0.15) is 18.3 Å². The van der Waals surface area contributed by atoms with Gasteiger partial charge in [-0.15, -0.1) is 0 Å². The highest BCUT2D eigenvalue weighted by molar-refractivity contribution is 6.04. The molecule has 4 aromatic rings. The van der Waals surface area contributed by atoms with E-state index >= 15 is 0 Å². The maximum Gasteiger partial charge on any atom is 0.433 e. The van der Waals surface area contributed by atoms with E-state index in [1.807, 2.05) is 18.2 Å². The summed E-state index contributed by atoms with van der Waals surface area (Å²) in [6.07, 6.45) is -3.00. The smallest absolute Gasteiger partial charge is 0.338 e. The Morgan fingerprint density at radius 1 is 0.925 bits per heavy atom. The lowest BCUT2D eigenvalue weighted by Gasteiger charge is -2.34. The Balaban J connectivity index is 1.22. The second-order valence-corrected chi connectivity index (χ2v) is 9.45. The van der Waals surface area contributed by atoms with Crippen LogP contribution in [-0.4, -0.2) is 68.5 Å². The molecule has 1 aliphatic rings. The van der Waals surface area contributed by atoms with Gasteiger partial charge < -0.3 is 15.1 Å². The molecule has 0 aliphatic carbocycles. The molecule has 3 heterocycles. The number of hydrogen-bond acceptors (Lipinski definition) is 5. The van der Waals surface area contributed by atoms with Gasteiger partial charge in [0.1, 0.15) is 17.9 Å². The third-order valence-corrected chi connectivity index (χ3v) is 6.66. The summed E-state index contributed by atoms with van der Waals surface area (Å²) in [5.41, 5.74) is 0.732. The number of carbonyl (C=O) groups is 3. The minimum absolute atomic E-state index is 0.00376. The first kappa shape index (κ1) is 26.9. The summed E-state index contributed by atoms with van der Waals surface area (Å²) in [4.78, 5) is 45.1. The Hall–Kier alpha value is -4.74. The molecule has 5 rings (SSSR count). The van der Waals surface area contributed by atoms with E-state index in [1.165, 1.54) is 10.7 Å². The number of amides is 3. The quantitative estimate of drug-likeness (QED) is 0.405. The predicted molar refractivity (Wildman–Crippen MR) is 141 cm³/mol. The molecule has 0 atom stereocenters. The SMILES string of the molecule is Cc1cc2nn(CC(=O)N3CCN(C(=O)c4ccccc4)CC3)cc2cc1NC(=O)c1cccc(C(F)(F)F)n1. The summed E-state index contributed by atoms with van der Waals surface area (Å²) in [7, 11) is 0. The largest absolute Gasteiger partial charge is 0.433 e. The van der Waals surface area contributed by atoms with Crippen LogP contribution in [0.25, 0.3) is 10.9 Å². The molecule has 2 aromatic heterocycles. The van der Waals surface area contributed by atoms with Crippen molar-refractivity contribution in [3.8, 4) is 0 Å². The second-order valence-electron chi connectivity index (χ2n) is 9.45. The minimum atomic E-state index is -4.66. The fraction of sp³-hybridized carbons (Fsp3) is 0.250. The number of pyridine rings is 1. The van der Waals surface area contributed by atoms with E-state index in [0.717, 1.165) is 12.1 Å². The zero-order valence-electron chi connectivity index (χ0n) is 21.5. The number of fused-ring (bicyclic) bond motifs is 1. The molecule has 9 nitrogen and oxygen atoms in total. The topological polar surface area (TPSA) is 100 Å². The molecule has 1 N–H and O–H groups in total. The first-order valence-electron chi connectivity index (χ1n) is 12.5. The van der Waals surface area contributed by atoms with Crippen LogP contribution in [0.15, 0.2) is 66.9 Å². The van der Waals surface area contributed by atoms with Crippen molar-refractivity contribution in [2.24, 2.45) is 0 Å². The Bertz CT molecular complexity index is 1580. The highest BCUT2D eigenvalue weighted by Crippen LogP contribution is 2.28. The standard InChI is InChI=1S/C28H25F3N6O3/c1-18-14-23-20(15-22(18)33-26(39)21-8-5-9-24(32-21)28(29,30)31)16-37(34-23)17-25(38)35-10-12-36(13-11-35)27(40)19-6-3-2-4-7-19/h2-9,14-16H,10-13,17H2,1H3,(H,33,39). The average molecular weight is 551 g/mol. The Labute approximate surface area is 227 Å². The summed E-state index contributed by atoms with van der Waals surface area (Å²) < 4.78 is 40.4. The molecule has 40 heavy (non-hydrogen) atoms. The van der Waals surface area contributed by atoms with Crippen molar-refractivity contribution >= 4 is 34.3 Å². The zero-order chi connectivity index (χ0) is 28.4. The second kappa shape index (κ2) is 10.8. The van der Waals surface area contributed by atoms with Crippen LogP contribution < -0.4 is 5.32 Å². The van der Waals surface area contributed by atoms with Gasteiger partial charge in [-0.05, 0) is 48.9 Å². The van der Waals surface area contributed by atoms with Gasteiger partial charge in [-0.3, -0.25) is 19.1 Å². The number of piperazine rings is 1. The molecule has 1 saturated heterocycles. The van der Waals surface area contributed by atoms with Crippen molar-refractivity contribution in [3.05, 3.63) is 89.4 Å². The van der Waals surface area contributed by atoms with Crippen molar-refractivity contribution in [2.75, 3.05) is 31.5 Å². The Morgan fingerprint density at radius 3 is 2.33 bits per heavy atom. The summed E-state index contributed by atoms with van der Waals surface area (Å²) in [6, 6.07) is 15.5. The van der Waals surface area contributed by atoms with Gasteiger partial charge in [0.05, 0.1) is 5.52 Å². The van der Waals surface area contributed by atoms with E-state index in [4.69, 9.17) is 0 Å². The van der Waals surface area contributed by atoms with Crippen molar-refractivity contribution in [3.63, 3.8) is 0 Å². The van der Waals surface area contributed by atoms with Crippen LogP contribution in [-0.2, 0) is 17.5 Å². The number of anilines is 1. The van der Waals surface area contributed by atoms with E-state index in [1.54, 1.807) is 47.2 Å². The minimum Gasteiger partial charge on any atom is -0.338 e. The number of nitrogens with zero attached hydrogens (tertiary/aromatic N) is 5. The van der Waals surface area contributed by atoms with Crippen LogP contribution in [0.1, 0.15) is 32.1 Å². The highest BCUT2D eigenvalue weighted by Gasteiger charge is 2.33. The average Bonchev–Trinajstić information content (AvgIpc) is 3.33. The van der Waals surface area contributed by atoms with Crippen LogP contribution in [0.4, 0.5) is 18.9 Å². The van der Waals surface area contributed by atoms with E-state index in [2.05, 4.69) is 15.4 Å². The van der Waals surface area contributed by atoms with Gasteiger partial charge in [0.2, 0.25) is 5.91 Å². The molecule has 0 unspecified atom stereocenters. The molecule has 206 valence electrons. The number of aromatic nitrogens is 3. The number of benzene rings is 2. The first-order valence-corrected chi connectivity index (χ1v) is 12.5. The fourth-order valence-corrected chi connectivity index (χ4v) is 4.51. The monoisotopic (exact) mass is 550 g/mol. The van der Waals surface area contributed by atoms with Crippen LogP contribution in [0.3, 0.4) is 0 Å². The van der Waals surface area contributed by atoms with Crippen LogP contribution in [0.5, 0.6) is 0 Å². The zero-order valence-corrected chi connectivity index (χ0v) is 21.5. The van der Waals surface area contributed by atoms with Crippen molar-refractivity contribution in [1.29, 1.82) is 0 Å². The third-order valence-electron chi connectivity index (χ3n) is 6.66. The highest BCUT2D eigenvalue weighted by atomic mass is 19.4. The third kappa shape index (κ3) is 5.80. The van der Waals surface area contributed by atoms with Crippen LogP contribution in [0, 0.1) is 6.92 Å². The van der Waals surface area contributed by atoms with Crippen LogP contribution in [0.2, 0.25) is 0 Å². The summed E-state index contributed by atoms with van der Waals surface area (Å²) in [6.45, 7) is 3.42. The van der Waals surface area contributed by atoms with E-state index in [0.29, 0.717) is 53.9 Å². The van der Waals surface area contributed by atoms with Crippen LogP contribution >= 0.6 is 0 Å². The number of carbonyl (C=O) groups excluding carboxylic acids is 3. The Morgan fingerprint density at radius 2 is 1.62 bits per heavy atom. The normalized spacial score (nSPS) is 13.9. The van der Waals surface area contributed by atoms with Crippen molar-refractivity contribution < 1.29 is 27.6 Å². The van der Waals surface area contributed by atoms with Gasteiger partial charge >= 0.3 is 6.18 Å². The molecule has 0 radical (unpaired) electrons. The molecule has 0 bridgehead atoms. The first-order chi connectivity index (χ1) is 19.1. The fourth-order valence-electron chi connectivity index (χ4n) is 4.51. The predicted octanol–water partition coefficient (Wildman–Crippen LogP) is 4.00. The maximum absolute atomic E-state index is 13.0. The lowest BCUT2D eigenvalue weighted by atomic mass is 10.1. The summed E-state index contributed by atoms with van der Waals surface area (Å²) in [5.74, 6) is -0.977. The molecule has 2 aromatic carbocycles. The molecule has 3 amide bonds. The van der Waals surface area contributed by atoms with Gasteiger partial charge in [0.25, 0.3) is 11.8 Å². The summed E-state index contributed by atoms with van der Waals surface area (Å²) in [5, 5.41) is 7.72. The van der Waals surface area contributed by atoms with Crippen molar-refractivity contribution in [2.45, 2.75) is 19.6 Å². The molecular weight excluding hydrogens is 525 g/mol. The maximum atomic E-state index is 13.0. The number of rotatable bonds is 5. The molecule has 0 saturated carbocycles. The lowest BCUT2D eigenvalue weighted by Crippen LogP contribution is -2.51. The van der Waals surface area contributed by atoms with Gasteiger partial charge in [-0.1, -0.05) is 24.3 Å². The number of aryl methyl sites for hydroxylation is 1. The number of nitrogens with one attached hydrogen (secondary N) is 1. The van der Waals surface area contributed by atoms with E-state index < -0.39 is 17.8 Å². The summed E-state index contributed by atoms with van der Waals surface area (Å²) >= 11 is 0. The Kier molecular flexibility index (Phi) is 7.24. The van der Waals surface area contributed by atoms with Crippen molar-refractivity contribution in [1.82, 2.24) is 24.6 Å². The van der Waals surface area contributed by atoms with Gasteiger partial charge in [0, 0.05) is 49.0 Å². The number of alkyl halides is 3. The molecule has 1 aliphatic heterocycles. The molecule has 1 fully saturated rings. The van der Waals surface area contributed by atoms with Gasteiger partial charge in [-0.25, -0.2) is 4.98 Å². The lowest BCUT2D eigenvalue weighted by molar-refractivity contribution is -0.141. The number of halogens is 3. The molecular formula is C28H25F3N6O3.